The molecule has 0 aliphatic carbocycles. The van der Waals surface area contributed by atoms with E-state index in [1.54, 1.807) is 30.3 Å². The summed E-state index contributed by atoms with van der Waals surface area (Å²) >= 11 is 0. The molecule has 0 bridgehead atoms. The Labute approximate surface area is 175 Å². The first-order valence-corrected chi connectivity index (χ1v) is 9.60. The van der Waals surface area contributed by atoms with Gasteiger partial charge in [-0.1, -0.05) is 51.9 Å². The zero-order valence-electron chi connectivity index (χ0n) is 18.0. The van der Waals surface area contributed by atoms with Crippen molar-refractivity contribution in [3.8, 4) is 0 Å². The molecule has 158 valence electrons. The second kappa shape index (κ2) is 7.78. The molecule has 0 spiro atoms. The van der Waals surface area contributed by atoms with Gasteiger partial charge in [-0.25, -0.2) is 0 Å². The molecule has 1 aromatic carbocycles. The third-order valence-electron chi connectivity index (χ3n) is 4.49. The summed E-state index contributed by atoms with van der Waals surface area (Å²) in [5, 5.41) is 13.2. The lowest BCUT2D eigenvalue weighted by atomic mass is 9.87. The lowest BCUT2D eigenvalue weighted by Crippen LogP contribution is -2.20. The predicted octanol–water partition coefficient (Wildman–Crippen LogP) is 4.76. The van der Waals surface area contributed by atoms with E-state index in [-0.39, 0.29) is 28.3 Å². The lowest BCUT2D eigenvalue weighted by molar-refractivity contribution is 0.101. The normalized spacial score (nSPS) is 11.9. The van der Waals surface area contributed by atoms with Crippen molar-refractivity contribution in [1.29, 1.82) is 0 Å². The van der Waals surface area contributed by atoms with Gasteiger partial charge in [0.15, 0.2) is 11.5 Å². The maximum atomic E-state index is 12.6. The highest BCUT2D eigenvalue weighted by atomic mass is 16.5. The number of carbonyl (C=O) groups is 2. The van der Waals surface area contributed by atoms with Crippen LogP contribution in [0.4, 0.5) is 11.5 Å². The minimum atomic E-state index is -0.372. The Kier molecular flexibility index (Phi) is 5.52. The molecular weight excluding hydrogens is 384 g/mol. The monoisotopic (exact) mass is 410 g/mol. The van der Waals surface area contributed by atoms with Crippen LogP contribution < -0.4 is 10.6 Å². The molecule has 8 heteroatoms. The number of benzene rings is 1. The van der Waals surface area contributed by atoms with E-state index in [2.05, 4.69) is 20.9 Å². The fourth-order valence-corrected chi connectivity index (χ4v) is 2.70. The van der Waals surface area contributed by atoms with Crippen molar-refractivity contribution in [3.05, 3.63) is 59.2 Å². The van der Waals surface area contributed by atoms with Crippen LogP contribution in [0.15, 0.2) is 45.6 Å². The number of hydrogen-bond donors (Lipinski definition) is 2. The Morgan fingerprint density at radius 1 is 0.867 bits per heavy atom. The van der Waals surface area contributed by atoms with Gasteiger partial charge in [0, 0.05) is 28.3 Å². The Morgan fingerprint density at radius 3 is 2.10 bits per heavy atom. The molecular formula is C22H26N4O4. The van der Waals surface area contributed by atoms with E-state index >= 15 is 0 Å². The zero-order chi connectivity index (χ0) is 22.1. The van der Waals surface area contributed by atoms with Crippen LogP contribution in [0, 0.1) is 0 Å². The van der Waals surface area contributed by atoms with Crippen molar-refractivity contribution >= 4 is 23.3 Å². The Morgan fingerprint density at radius 2 is 1.53 bits per heavy atom. The number of hydrogen-bond acceptors (Lipinski definition) is 6. The number of rotatable bonds is 4. The van der Waals surface area contributed by atoms with Crippen molar-refractivity contribution < 1.29 is 18.6 Å². The molecule has 2 heterocycles. The van der Waals surface area contributed by atoms with E-state index < -0.39 is 0 Å². The van der Waals surface area contributed by atoms with Crippen molar-refractivity contribution in [3.63, 3.8) is 0 Å². The van der Waals surface area contributed by atoms with Crippen LogP contribution in [0.2, 0.25) is 0 Å². The molecule has 30 heavy (non-hydrogen) atoms. The zero-order valence-corrected chi connectivity index (χ0v) is 18.0. The van der Waals surface area contributed by atoms with Gasteiger partial charge in [0.25, 0.3) is 11.8 Å². The quantitative estimate of drug-likeness (QED) is 0.641. The van der Waals surface area contributed by atoms with Crippen LogP contribution in [0.3, 0.4) is 0 Å². The fourth-order valence-electron chi connectivity index (χ4n) is 2.70. The van der Waals surface area contributed by atoms with Crippen LogP contribution in [0.25, 0.3) is 0 Å². The highest BCUT2D eigenvalue weighted by Crippen LogP contribution is 2.26. The molecule has 0 saturated heterocycles. The van der Waals surface area contributed by atoms with E-state index in [1.165, 1.54) is 6.26 Å². The number of nitrogens with one attached hydrogen (secondary N) is 2. The molecule has 2 N–H and O–H groups in total. The fraction of sp³-hybridized carbons (Fsp3) is 0.364. The van der Waals surface area contributed by atoms with Crippen LogP contribution in [-0.4, -0.2) is 22.1 Å². The van der Waals surface area contributed by atoms with Gasteiger partial charge in [0.05, 0.1) is 0 Å². The number of anilines is 2. The average Bonchev–Trinajstić information content (AvgIpc) is 3.31. The molecule has 8 nitrogen and oxygen atoms in total. The maximum absolute atomic E-state index is 12.6. The van der Waals surface area contributed by atoms with E-state index in [1.807, 2.05) is 41.5 Å². The standard InChI is InChI=1S/C22H26N4O4/c1-21(2,3)15-12-29-26-18(15)20(28)23-14-9-7-13(8-10-14)19(27)24-17-11-16(30-25-17)22(4,5)6/h7-12H,1-6H3,(H,23,28)(H,24,25,27). The summed E-state index contributed by atoms with van der Waals surface area (Å²) in [5.74, 6) is 0.331. The molecule has 0 aliphatic heterocycles. The molecule has 2 aromatic heterocycles. The summed E-state index contributed by atoms with van der Waals surface area (Å²) < 4.78 is 10.3. The van der Waals surface area contributed by atoms with Crippen LogP contribution in [0.5, 0.6) is 0 Å². The number of amides is 2. The number of nitrogens with zero attached hydrogens (tertiary/aromatic N) is 2. The molecule has 3 rings (SSSR count). The van der Waals surface area contributed by atoms with E-state index in [0.717, 1.165) is 5.56 Å². The molecule has 0 atom stereocenters. The smallest absolute Gasteiger partial charge is 0.278 e. The summed E-state index contributed by atoms with van der Waals surface area (Å²) in [6.07, 6.45) is 1.48. The molecule has 3 aromatic rings. The minimum Gasteiger partial charge on any atom is -0.364 e. The highest BCUT2D eigenvalue weighted by Gasteiger charge is 2.26. The number of carbonyl (C=O) groups excluding carboxylic acids is 2. The van der Waals surface area contributed by atoms with Crippen LogP contribution in [0.1, 0.15) is 73.7 Å². The summed E-state index contributed by atoms with van der Waals surface area (Å²) in [5.41, 5.74) is 1.44. The SMILES string of the molecule is CC(C)(C)c1cc(NC(=O)c2ccc(NC(=O)c3nocc3C(C)(C)C)cc2)no1. The summed E-state index contributed by atoms with van der Waals surface area (Å²) in [7, 11) is 0. The first-order chi connectivity index (χ1) is 13.9. The van der Waals surface area contributed by atoms with Gasteiger partial charge < -0.3 is 19.7 Å². The van der Waals surface area contributed by atoms with Crippen molar-refractivity contribution in [2.75, 3.05) is 10.6 Å². The van der Waals surface area contributed by atoms with Crippen LogP contribution >= 0.6 is 0 Å². The first-order valence-electron chi connectivity index (χ1n) is 9.60. The third kappa shape index (κ3) is 4.76. The minimum absolute atomic E-state index is 0.202. The Hall–Kier alpha value is -3.42. The molecule has 0 radical (unpaired) electrons. The molecule has 0 unspecified atom stereocenters. The van der Waals surface area contributed by atoms with Gasteiger partial charge in [0.2, 0.25) is 0 Å². The number of aromatic nitrogens is 2. The van der Waals surface area contributed by atoms with E-state index in [0.29, 0.717) is 22.8 Å². The summed E-state index contributed by atoms with van der Waals surface area (Å²) in [6, 6.07) is 8.23. The average molecular weight is 410 g/mol. The van der Waals surface area contributed by atoms with Gasteiger partial charge in [0.1, 0.15) is 12.0 Å². The summed E-state index contributed by atoms with van der Waals surface area (Å²) in [6.45, 7) is 11.9. The maximum Gasteiger partial charge on any atom is 0.278 e. The predicted molar refractivity (Wildman–Crippen MR) is 113 cm³/mol. The van der Waals surface area contributed by atoms with E-state index in [4.69, 9.17) is 9.05 Å². The molecule has 0 aliphatic rings. The van der Waals surface area contributed by atoms with Gasteiger partial charge in [-0.3, -0.25) is 9.59 Å². The molecule has 0 saturated carbocycles. The second-order valence-corrected chi connectivity index (χ2v) is 9.14. The van der Waals surface area contributed by atoms with Crippen LogP contribution in [-0.2, 0) is 10.8 Å². The van der Waals surface area contributed by atoms with Crippen molar-refractivity contribution in [1.82, 2.24) is 10.3 Å². The Balaban J connectivity index is 1.66. The topological polar surface area (TPSA) is 110 Å². The van der Waals surface area contributed by atoms with Gasteiger partial charge >= 0.3 is 0 Å². The van der Waals surface area contributed by atoms with Gasteiger partial charge in [-0.05, 0) is 29.7 Å². The summed E-state index contributed by atoms with van der Waals surface area (Å²) in [4.78, 5) is 25.0. The lowest BCUT2D eigenvalue weighted by Gasteiger charge is -2.16. The van der Waals surface area contributed by atoms with Crippen molar-refractivity contribution in [2.24, 2.45) is 0 Å². The van der Waals surface area contributed by atoms with E-state index in [9.17, 15) is 9.59 Å². The van der Waals surface area contributed by atoms with Gasteiger partial charge in [-0.2, -0.15) is 0 Å². The molecule has 0 fully saturated rings. The highest BCUT2D eigenvalue weighted by molar-refractivity contribution is 6.06. The third-order valence-corrected chi connectivity index (χ3v) is 4.49. The Bertz CT molecular complexity index is 1050. The molecule has 2 amide bonds. The van der Waals surface area contributed by atoms with Gasteiger partial charge in [-0.15, -0.1) is 0 Å². The first kappa shape index (κ1) is 21.3. The van der Waals surface area contributed by atoms with Crippen molar-refractivity contribution in [2.45, 2.75) is 52.4 Å². The largest absolute Gasteiger partial charge is 0.364 e. The second-order valence-electron chi connectivity index (χ2n) is 9.14.